The van der Waals surface area contributed by atoms with Crippen LogP contribution in [0.4, 0.5) is 17.3 Å². The van der Waals surface area contributed by atoms with E-state index in [1.807, 2.05) is 19.9 Å². The molecule has 3 aromatic heterocycles. The molecule has 2 aliphatic rings. The van der Waals surface area contributed by atoms with E-state index >= 15 is 0 Å². The van der Waals surface area contributed by atoms with E-state index in [9.17, 15) is 23.1 Å². The minimum absolute atomic E-state index is 0.0120. The molecular weight excluding hydrogens is 636 g/mol. The van der Waals surface area contributed by atoms with Gasteiger partial charge >= 0.3 is 5.97 Å². The molecule has 0 unspecified atom stereocenters. The number of aromatic amines is 1. The van der Waals surface area contributed by atoms with Crippen LogP contribution in [0.3, 0.4) is 0 Å². The summed E-state index contributed by atoms with van der Waals surface area (Å²) in [6, 6.07) is 11.6. The second-order valence-electron chi connectivity index (χ2n) is 12.5. The van der Waals surface area contributed by atoms with Gasteiger partial charge in [-0.3, -0.25) is 9.89 Å². The lowest BCUT2D eigenvalue weighted by molar-refractivity contribution is 0.0266. The number of aromatic carboxylic acids is 1. The highest BCUT2D eigenvalue weighted by atomic mass is 32.2. The zero-order chi connectivity index (χ0) is 33.6. The molecule has 2 aromatic carbocycles. The van der Waals surface area contributed by atoms with Crippen LogP contribution >= 0.6 is 0 Å². The first-order valence-electron chi connectivity index (χ1n) is 15.5. The molecule has 248 valence electrons. The van der Waals surface area contributed by atoms with Crippen molar-refractivity contribution < 1.29 is 27.9 Å². The highest BCUT2D eigenvalue weighted by molar-refractivity contribution is 7.89. The van der Waals surface area contributed by atoms with Crippen molar-refractivity contribution in [1.82, 2.24) is 29.5 Å². The normalized spacial score (nSPS) is 15.7. The first kappa shape index (κ1) is 31.3. The molecule has 0 bridgehead atoms. The van der Waals surface area contributed by atoms with E-state index in [4.69, 9.17) is 4.74 Å². The summed E-state index contributed by atoms with van der Waals surface area (Å²) < 4.78 is 36.7. The molecule has 4 heterocycles. The van der Waals surface area contributed by atoms with E-state index in [0.717, 1.165) is 42.7 Å². The van der Waals surface area contributed by atoms with Crippen LogP contribution in [0.2, 0.25) is 0 Å². The lowest BCUT2D eigenvalue weighted by atomic mass is 9.57. The molecule has 7 rings (SSSR count). The minimum atomic E-state index is -3.73. The first-order chi connectivity index (χ1) is 23.1. The van der Waals surface area contributed by atoms with Gasteiger partial charge in [0.15, 0.2) is 17.7 Å². The predicted octanol–water partition coefficient (Wildman–Crippen LogP) is 4.28. The van der Waals surface area contributed by atoms with Gasteiger partial charge in [-0.25, -0.2) is 22.4 Å². The zero-order valence-electron chi connectivity index (χ0n) is 26.3. The number of carboxylic acids is 1. The molecule has 1 aliphatic heterocycles. The summed E-state index contributed by atoms with van der Waals surface area (Å²) in [5, 5.41) is 23.8. The number of carbonyl (C=O) groups is 2. The topological polar surface area (TPSA) is 184 Å². The number of fused-ring (bicyclic) bond motifs is 1. The number of anilines is 3. The average molecular weight is 671 g/mol. The number of aromatic nitrogens is 5. The van der Waals surface area contributed by atoms with Crippen molar-refractivity contribution in [2.24, 2.45) is 11.3 Å². The molecule has 48 heavy (non-hydrogen) atoms. The first-order valence-corrected chi connectivity index (χ1v) is 17.0. The van der Waals surface area contributed by atoms with Gasteiger partial charge < -0.3 is 20.1 Å². The molecule has 15 heteroatoms. The standard InChI is InChI=1S/C33H34N8O6S/c1-3-47-29-26(23-15-34-35-16-23)8-9-41-30(29)38-32(39-41)37-28-7-5-25(10-20(28)2)48(45,46)36-14-21-12-33(13-21)18-40(19-33)24-4-6-27(31(43)44)22(11-24)17-42/h4-11,15-17,21,36H,3,12-14,18-19H2,1-2H3,(H,34,35)(H,37,39)(H,43,44). The van der Waals surface area contributed by atoms with E-state index in [1.165, 1.54) is 6.07 Å². The van der Waals surface area contributed by atoms with Crippen molar-refractivity contribution in [3.05, 3.63) is 77.7 Å². The van der Waals surface area contributed by atoms with Crippen LogP contribution in [0, 0.1) is 18.3 Å². The molecule has 0 radical (unpaired) electrons. The van der Waals surface area contributed by atoms with Crippen LogP contribution in [-0.2, 0) is 10.0 Å². The van der Waals surface area contributed by atoms with Crippen molar-refractivity contribution in [1.29, 1.82) is 0 Å². The molecule has 4 N–H and O–H groups in total. The molecule has 14 nitrogen and oxygen atoms in total. The number of hydrogen-bond acceptors (Lipinski definition) is 10. The number of carboxylic acid groups (broad SMARTS) is 1. The third kappa shape index (κ3) is 5.75. The van der Waals surface area contributed by atoms with E-state index in [-0.39, 0.29) is 27.4 Å². The Balaban J connectivity index is 0.959. The van der Waals surface area contributed by atoms with Crippen molar-refractivity contribution in [3.8, 4) is 16.9 Å². The summed E-state index contributed by atoms with van der Waals surface area (Å²) in [6.07, 6.45) is 7.63. The fourth-order valence-electron chi connectivity index (χ4n) is 6.82. The maximum absolute atomic E-state index is 13.2. The summed E-state index contributed by atoms with van der Waals surface area (Å²) in [5.74, 6) is 0.0143. The maximum atomic E-state index is 13.2. The molecule has 0 atom stereocenters. The van der Waals surface area contributed by atoms with Gasteiger partial charge in [-0.1, -0.05) is 0 Å². The summed E-state index contributed by atoms with van der Waals surface area (Å²) in [7, 11) is -3.73. The number of ether oxygens (including phenoxy) is 1. The zero-order valence-corrected chi connectivity index (χ0v) is 27.1. The fraction of sp³-hybridized carbons (Fsp3) is 0.303. The summed E-state index contributed by atoms with van der Waals surface area (Å²) in [4.78, 5) is 29.6. The Kier molecular flexibility index (Phi) is 7.87. The van der Waals surface area contributed by atoms with E-state index in [1.54, 1.807) is 53.4 Å². The quantitative estimate of drug-likeness (QED) is 0.139. The van der Waals surface area contributed by atoms with Gasteiger partial charge in [0.05, 0.1) is 23.3 Å². The Morgan fingerprint density at radius 1 is 1.19 bits per heavy atom. The fourth-order valence-corrected chi connectivity index (χ4v) is 8.02. The summed E-state index contributed by atoms with van der Waals surface area (Å²) in [5.41, 5.74) is 4.70. The van der Waals surface area contributed by atoms with Gasteiger partial charge in [0.2, 0.25) is 16.0 Å². The monoisotopic (exact) mass is 670 g/mol. The minimum Gasteiger partial charge on any atom is -0.489 e. The third-order valence-electron chi connectivity index (χ3n) is 9.13. The summed E-state index contributed by atoms with van der Waals surface area (Å²) >= 11 is 0. The molecule has 1 saturated heterocycles. The van der Waals surface area contributed by atoms with Crippen molar-refractivity contribution in [3.63, 3.8) is 0 Å². The highest BCUT2D eigenvalue weighted by Gasteiger charge is 2.52. The largest absolute Gasteiger partial charge is 0.489 e. The van der Waals surface area contributed by atoms with Gasteiger partial charge in [0.25, 0.3) is 0 Å². The Morgan fingerprint density at radius 2 is 2.00 bits per heavy atom. The smallest absolute Gasteiger partial charge is 0.336 e. The lowest BCUT2D eigenvalue weighted by Gasteiger charge is -2.60. The van der Waals surface area contributed by atoms with Gasteiger partial charge in [-0.2, -0.15) is 10.1 Å². The molecule has 5 aromatic rings. The van der Waals surface area contributed by atoms with Crippen LogP contribution < -0.4 is 19.7 Å². The number of nitrogens with one attached hydrogen (secondary N) is 3. The van der Waals surface area contributed by atoms with Gasteiger partial charge in [0, 0.05) is 65.5 Å². The van der Waals surface area contributed by atoms with Crippen LogP contribution in [0.15, 0.2) is 66.0 Å². The number of sulfonamides is 1. The van der Waals surface area contributed by atoms with Crippen LogP contribution in [0.5, 0.6) is 5.75 Å². The maximum Gasteiger partial charge on any atom is 0.336 e. The Morgan fingerprint density at radius 3 is 2.69 bits per heavy atom. The van der Waals surface area contributed by atoms with Gasteiger partial charge in [-0.05, 0) is 80.6 Å². The number of H-pyrrole nitrogens is 1. The Hall–Kier alpha value is -5.28. The number of benzene rings is 2. The number of carbonyl (C=O) groups excluding carboxylic acids is 1. The molecule has 1 aliphatic carbocycles. The molecular formula is C33H34N8O6S. The molecule has 2 fully saturated rings. The number of aldehydes is 1. The lowest BCUT2D eigenvalue weighted by Crippen LogP contribution is -2.63. The van der Waals surface area contributed by atoms with Crippen molar-refractivity contribution in [2.75, 3.05) is 36.5 Å². The van der Waals surface area contributed by atoms with Crippen molar-refractivity contribution >= 4 is 45.2 Å². The molecule has 1 spiro atoms. The van der Waals surface area contributed by atoms with E-state index < -0.39 is 16.0 Å². The number of nitrogens with zero attached hydrogens (tertiary/aromatic N) is 5. The summed E-state index contributed by atoms with van der Waals surface area (Å²) in [6.45, 7) is 6.09. The number of pyridine rings is 1. The SMILES string of the molecule is CCOc1c(-c2cn[nH]c2)ccn2nc(Nc3ccc(S(=O)(=O)NCC4CC5(C4)CN(c4ccc(C(=O)O)c(C=O)c4)C5)cc3C)nc12. The van der Waals surface area contributed by atoms with Crippen LogP contribution in [0.25, 0.3) is 16.8 Å². The van der Waals surface area contributed by atoms with E-state index in [0.29, 0.717) is 48.0 Å². The Bertz CT molecular complexity index is 2130. The van der Waals surface area contributed by atoms with E-state index in [2.05, 4.69) is 35.2 Å². The third-order valence-corrected chi connectivity index (χ3v) is 10.6. The predicted molar refractivity (Wildman–Crippen MR) is 178 cm³/mol. The number of aryl methyl sites for hydroxylation is 1. The van der Waals surface area contributed by atoms with Gasteiger partial charge in [-0.15, -0.1) is 5.10 Å². The molecule has 1 saturated carbocycles. The number of rotatable bonds is 12. The average Bonchev–Trinajstić information content (AvgIpc) is 3.71. The second-order valence-corrected chi connectivity index (χ2v) is 14.2. The van der Waals surface area contributed by atoms with Crippen molar-refractivity contribution in [2.45, 2.75) is 31.6 Å². The second kappa shape index (κ2) is 12.1. The molecule has 0 amide bonds. The highest BCUT2D eigenvalue weighted by Crippen LogP contribution is 2.52. The Labute approximate surface area is 276 Å². The van der Waals surface area contributed by atoms with Crippen LogP contribution in [-0.4, -0.2) is 76.8 Å². The number of hydrogen-bond donors (Lipinski definition) is 4. The van der Waals surface area contributed by atoms with Crippen LogP contribution in [0.1, 0.15) is 46.0 Å². The van der Waals surface area contributed by atoms with Gasteiger partial charge in [0.1, 0.15) is 0 Å².